The number of hydrogen-bond acceptors (Lipinski definition) is 4. The molecule has 0 saturated carbocycles. The summed E-state index contributed by atoms with van der Waals surface area (Å²) in [5.41, 5.74) is 4.38. The Morgan fingerprint density at radius 1 is 0.962 bits per heavy atom. The zero-order valence-corrected chi connectivity index (χ0v) is 15.3. The molecule has 0 radical (unpaired) electrons. The average Bonchev–Trinajstić information content (AvgIpc) is 2.65. The van der Waals surface area contributed by atoms with Crippen molar-refractivity contribution in [2.24, 2.45) is 0 Å². The van der Waals surface area contributed by atoms with E-state index in [9.17, 15) is 4.79 Å². The molecular weight excluding hydrogens is 348 g/mol. The first kappa shape index (κ1) is 17.9. The first-order chi connectivity index (χ1) is 12.5. The molecule has 26 heavy (non-hydrogen) atoms. The minimum atomic E-state index is -0.287. The largest absolute Gasteiger partial charge is 0.365 e. The van der Waals surface area contributed by atoms with E-state index in [0.717, 1.165) is 16.8 Å². The zero-order valence-electron chi connectivity index (χ0n) is 14.6. The fourth-order valence-corrected chi connectivity index (χ4v) is 2.48. The lowest BCUT2D eigenvalue weighted by Crippen LogP contribution is -2.15. The first-order valence-corrected chi connectivity index (χ1v) is 8.60. The van der Waals surface area contributed by atoms with Crippen molar-refractivity contribution in [3.05, 3.63) is 82.0 Å². The van der Waals surface area contributed by atoms with Crippen molar-refractivity contribution in [3.63, 3.8) is 0 Å². The zero-order chi connectivity index (χ0) is 18.5. The molecule has 3 aromatic rings. The Hall–Kier alpha value is -2.92. The molecule has 0 aliphatic heterocycles. The number of halogens is 1. The number of anilines is 2. The van der Waals surface area contributed by atoms with Crippen LogP contribution in [0.4, 0.5) is 11.5 Å². The molecule has 2 aromatic carbocycles. The van der Waals surface area contributed by atoms with Crippen LogP contribution in [0.1, 0.15) is 27.2 Å². The Labute approximate surface area is 157 Å². The topological polar surface area (TPSA) is 66.9 Å². The van der Waals surface area contributed by atoms with Gasteiger partial charge in [0.25, 0.3) is 5.91 Å². The summed E-state index contributed by atoms with van der Waals surface area (Å²) in [6.45, 7) is 4.63. The van der Waals surface area contributed by atoms with Crippen LogP contribution in [0.5, 0.6) is 0 Å². The smallest absolute Gasteiger partial charge is 0.276 e. The summed E-state index contributed by atoms with van der Waals surface area (Å²) in [7, 11) is 0. The SMILES string of the molecule is Cc1ccc(NC(=O)c2ccc(NCc3ccc(Cl)cc3)nn2)cc1C. The summed E-state index contributed by atoms with van der Waals surface area (Å²) >= 11 is 5.87. The summed E-state index contributed by atoms with van der Waals surface area (Å²) in [5, 5.41) is 14.8. The molecule has 0 unspecified atom stereocenters. The molecule has 1 amide bonds. The first-order valence-electron chi connectivity index (χ1n) is 8.22. The summed E-state index contributed by atoms with van der Waals surface area (Å²) in [6.07, 6.45) is 0. The third-order valence-electron chi connectivity index (χ3n) is 4.05. The highest BCUT2D eigenvalue weighted by atomic mass is 35.5. The van der Waals surface area contributed by atoms with Gasteiger partial charge in [-0.05, 0) is 66.9 Å². The summed E-state index contributed by atoms with van der Waals surface area (Å²) < 4.78 is 0. The molecular formula is C20H19ClN4O. The van der Waals surface area contributed by atoms with Gasteiger partial charge in [-0.15, -0.1) is 10.2 Å². The van der Waals surface area contributed by atoms with Crippen molar-refractivity contribution < 1.29 is 4.79 Å². The number of carbonyl (C=O) groups excluding carboxylic acids is 1. The van der Waals surface area contributed by atoms with E-state index < -0.39 is 0 Å². The lowest BCUT2D eigenvalue weighted by atomic mass is 10.1. The van der Waals surface area contributed by atoms with Gasteiger partial charge in [-0.25, -0.2) is 0 Å². The van der Waals surface area contributed by atoms with Gasteiger partial charge in [0, 0.05) is 17.3 Å². The number of aryl methyl sites for hydroxylation is 2. The standard InChI is InChI=1S/C20H19ClN4O/c1-13-3-8-17(11-14(13)2)23-20(26)18-9-10-19(25-24-18)22-12-15-4-6-16(21)7-5-15/h3-11H,12H2,1-2H3,(H,22,25)(H,23,26). The highest BCUT2D eigenvalue weighted by Crippen LogP contribution is 2.15. The second kappa shape index (κ2) is 7.97. The Bertz CT molecular complexity index is 908. The predicted octanol–water partition coefficient (Wildman–Crippen LogP) is 4.61. The Morgan fingerprint density at radius 2 is 1.73 bits per heavy atom. The van der Waals surface area contributed by atoms with Crippen molar-refractivity contribution in [1.82, 2.24) is 10.2 Å². The van der Waals surface area contributed by atoms with Gasteiger partial charge in [-0.3, -0.25) is 4.79 Å². The molecule has 5 nitrogen and oxygen atoms in total. The van der Waals surface area contributed by atoms with Crippen LogP contribution in [-0.4, -0.2) is 16.1 Å². The number of carbonyl (C=O) groups is 1. The van der Waals surface area contributed by atoms with Crippen LogP contribution < -0.4 is 10.6 Å². The van der Waals surface area contributed by atoms with Crippen LogP contribution in [-0.2, 0) is 6.54 Å². The van der Waals surface area contributed by atoms with Crippen molar-refractivity contribution in [2.45, 2.75) is 20.4 Å². The maximum absolute atomic E-state index is 12.3. The van der Waals surface area contributed by atoms with E-state index in [0.29, 0.717) is 17.4 Å². The van der Waals surface area contributed by atoms with E-state index in [-0.39, 0.29) is 11.6 Å². The van der Waals surface area contributed by atoms with Crippen LogP contribution >= 0.6 is 11.6 Å². The lowest BCUT2D eigenvalue weighted by Gasteiger charge is -2.08. The second-order valence-corrected chi connectivity index (χ2v) is 6.47. The molecule has 1 aromatic heterocycles. The van der Waals surface area contributed by atoms with Gasteiger partial charge >= 0.3 is 0 Å². The monoisotopic (exact) mass is 366 g/mol. The fraction of sp³-hybridized carbons (Fsp3) is 0.150. The van der Waals surface area contributed by atoms with Crippen molar-refractivity contribution in [3.8, 4) is 0 Å². The van der Waals surface area contributed by atoms with Crippen LogP contribution in [0.3, 0.4) is 0 Å². The number of hydrogen-bond donors (Lipinski definition) is 2. The normalized spacial score (nSPS) is 10.4. The average molecular weight is 367 g/mol. The molecule has 132 valence electrons. The van der Waals surface area contributed by atoms with Gasteiger partial charge < -0.3 is 10.6 Å². The summed E-state index contributed by atoms with van der Waals surface area (Å²) in [4.78, 5) is 12.3. The highest BCUT2D eigenvalue weighted by Gasteiger charge is 2.09. The Kier molecular flexibility index (Phi) is 5.49. The number of aromatic nitrogens is 2. The molecule has 0 atom stereocenters. The third-order valence-corrected chi connectivity index (χ3v) is 4.30. The van der Waals surface area contributed by atoms with Crippen LogP contribution in [0.2, 0.25) is 5.02 Å². The molecule has 3 rings (SSSR count). The predicted molar refractivity (Wildman–Crippen MR) is 105 cm³/mol. The highest BCUT2D eigenvalue weighted by molar-refractivity contribution is 6.30. The number of rotatable bonds is 5. The van der Waals surface area contributed by atoms with Gasteiger partial charge in [0.2, 0.25) is 0 Å². The second-order valence-electron chi connectivity index (χ2n) is 6.04. The summed E-state index contributed by atoms with van der Waals surface area (Å²) in [5.74, 6) is 0.313. The number of amides is 1. The third kappa shape index (κ3) is 4.58. The molecule has 0 saturated heterocycles. The van der Waals surface area contributed by atoms with E-state index in [1.54, 1.807) is 12.1 Å². The van der Waals surface area contributed by atoms with Gasteiger partial charge in [0.05, 0.1) is 0 Å². The summed E-state index contributed by atoms with van der Waals surface area (Å²) in [6, 6.07) is 16.7. The van der Waals surface area contributed by atoms with Crippen molar-refractivity contribution in [1.29, 1.82) is 0 Å². The number of benzene rings is 2. The fourth-order valence-electron chi connectivity index (χ4n) is 2.36. The van der Waals surface area contributed by atoms with Crippen LogP contribution in [0, 0.1) is 13.8 Å². The molecule has 2 N–H and O–H groups in total. The van der Waals surface area contributed by atoms with Crippen molar-refractivity contribution >= 4 is 29.0 Å². The van der Waals surface area contributed by atoms with E-state index in [2.05, 4.69) is 20.8 Å². The van der Waals surface area contributed by atoms with E-state index in [1.165, 1.54) is 5.56 Å². The van der Waals surface area contributed by atoms with Gasteiger partial charge in [0.1, 0.15) is 5.82 Å². The number of nitrogens with one attached hydrogen (secondary N) is 2. The number of nitrogens with zero attached hydrogens (tertiary/aromatic N) is 2. The molecule has 0 fully saturated rings. The molecule has 6 heteroatoms. The van der Waals surface area contributed by atoms with Crippen LogP contribution in [0.15, 0.2) is 54.6 Å². The minimum absolute atomic E-state index is 0.264. The Morgan fingerprint density at radius 3 is 2.38 bits per heavy atom. The lowest BCUT2D eigenvalue weighted by molar-refractivity contribution is 0.102. The minimum Gasteiger partial charge on any atom is -0.365 e. The van der Waals surface area contributed by atoms with Crippen LogP contribution in [0.25, 0.3) is 0 Å². The molecule has 0 bridgehead atoms. The van der Waals surface area contributed by atoms with E-state index in [1.807, 2.05) is 56.3 Å². The van der Waals surface area contributed by atoms with Gasteiger partial charge in [0.15, 0.2) is 5.69 Å². The van der Waals surface area contributed by atoms with Crippen molar-refractivity contribution in [2.75, 3.05) is 10.6 Å². The molecule has 0 aliphatic carbocycles. The van der Waals surface area contributed by atoms with Gasteiger partial charge in [-0.1, -0.05) is 29.8 Å². The molecule has 0 aliphatic rings. The maximum Gasteiger partial charge on any atom is 0.276 e. The maximum atomic E-state index is 12.3. The van der Waals surface area contributed by atoms with E-state index >= 15 is 0 Å². The van der Waals surface area contributed by atoms with Gasteiger partial charge in [-0.2, -0.15) is 0 Å². The van der Waals surface area contributed by atoms with E-state index in [4.69, 9.17) is 11.6 Å². The Balaban J connectivity index is 1.60. The molecule has 1 heterocycles. The molecule has 0 spiro atoms. The quantitative estimate of drug-likeness (QED) is 0.691.